The minimum Gasteiger partial charge on any atom is -0.484 e. The molecule has 0 aliphatic heterocycles. The Morgan fingerprint density at radius 1 is 0.793 bits per heavy atom. The first-order valence-electron chi connectivity index (χ1n) is 9.21. The fourth-order valence-electron chi connectivity index (χ4n) is 2.77. The Kier molecular flexibility index (Phi) is 5.62. The number of nitrogens with one attached hydrogen (secondary N) is 1. The van der Waals surface area contributed by atoms with Crippen LogP contribution in [-0.2, 0) is 11.3 Å². The second-order valence-corrected chi connectivity index (χ2v) is 6.32. The van der Waals surface area contributed by atoms with E-state index in [-0.39, 0.29) is 19.1 Å². The number of rotatable bonds is 7. The van der Waals surface area contributed by atoms with Crippen molar-refractivity contribution in [3.63, 3.8) is 0 Å². The molecule has 0 radical (unpaired) electrons. The van der Waals surface area contributed by atoms with E-state index in [1.807, 2.05) is 84.9 Å². The first kappa shape index (κ1) is 18.4. The molecule has 1 amide bonds. The van der Waals surface area contributed by atoms with Crippen LogP contribution in [0.25, 0.3) is 22.6 Å². The lowest BCUT2D eigenvalue weighted by Crippen LogP contribution is -2.28. The minimum absolute atomic E-state index is 0.0929. The highest BCUT2D eigenvalue weighted by atomic mass is 16.5. The van der Waals surface area contributed by atoms with Crippen molar-refractivity contribution in [2.75, 3.05) is 6.61 Å². The van der Waals surface area contributed by atoms with Crippen LogP contribution in [0, 0.1) is 0 Å². The third-order valence-electron chi connectivity index (χ3n) is 4.26. The number of amides is 1. The standard InChI is InChI=1S/C23H19N3O3/c27-21(24-15-22-25-26-23(29-22)19-9-5-2-6-10-19)16-28-20-13-11-18(12-14-20)17-7-3-1-4-8-17/h1-14H,15-16H2,(H,24,27). The van der Waals surface area contributed by atoms with E-state index in [1.54, 1.807) is 0 Å². The van der Waals surface area contributed by atoms with Crippen LogP contribution in [0.3, 0.4) is 0 Å². The average molecular weight is 385 g/mol. The van der Waals surface area contributed by atoms with Gasteiger partial charge in [-0.2, -0.15) is 0 Å². The van der Waals surface area contributed by atoms with E-state index in [1.165, 1.54) is 0 Å². The summed E-state index contributed by atoms with van der Waals surface area (Å²) in [5.74, 6) is 1.12. The predicted octanol–water partition coefficient (Wildman–Crippen LogP) is 4.10. The zero-order valence-corrected chi connectivity index (χ0v) is 15.6. The molecule has 1 heterocycles. The van der Waals surface area contributed by atoms with Gasteiger partial charge < -0.3 is 14.5 Å². The number of benzene rings is 3. The molecule has 0 saturated heterocycles. The molecule has 0 fully saturated rings. The Morgan fingerprint density at radius 2 is 1.41 bits per heavy atom. The third kappa shape index (κ3) is 4.87. The van der Waals surface area contributed by atoms with E-state index in [0.717, 1.165) is 16.7 Å². The van der Waals surface area contributed by atoms with Gasteiger partial charge in [-0.3, -0.25) is 4.79 Å². The molecule has 0 unspecified atom stereocenters. The second kappa shape index (κ2) is 8.84. The van der Waals surface area contributed by atoms with E-state index in [9.17, 15) is 4.79 Å². The van der Waals surface area contributed by atoms with E-state index in [2.05, 4.69) is 15.5 Å². The van der Waals surface area contributed by atoms with Crippen LogP contribution in [-0.4, -0.2) is 22.7 Å². The van der Waals surface area contributed by atoms with Gasteiger partial charge in [0.2, 0.25) is 11.8 Å². The second-order valence-electron chi connectivity index (χ2n) is 6.32. The normalized spacial score (nSPS) is 10.5. The van der Waals surface area contributed by atoms with E-state index in [0.29, 0.717) is 17.5 Å². The smallest absolute Gasteiger partial charge is 0.258 e. The minimum atomic E-state index is -0.267. The quantitative estimate of drug-likeness (QED) is 0.518. The maximum absolute atomic E-state index is 12.0. The molecule has 1 aromatic heterocycles. The number of aromatic nitrogens is 2. The number of hydrogen-bond donors (Lipinski definition) is 1. The first-order valence-corrected chi connectivity index (χ1v) is 9.21. The Morgan fingerprint density at radius 3 is 2.10 bits per heavy atom. The van der Waals surface area contributed by atoms with Gasteiger partial charge in [-0.25, -0.2) is 0 Å². The molecular weight excluding hydrogens is 366 g/mol. The van der Waals surface area contributed by atoms with Crippen molar-refractivity contribution < 1.29 is 13.9 Å². The number of hydrogen-bond acceptors (Lipinski definition) is 5. The van der Waals surface area contributed by atoms with Gasteiger partial charge in [0.05, 0.1) is 6.54 Å². The van der Waals surface area contributed by atoms with Crippen molar-refractivity contribution in [2.45, 2.75) is 6.54 Å². The summed E-state index contributed by atoms with van der Waals surface area (Å²) in [6.07, 6.45) is 0. The maximum atomic E-state index is 12.0. The van der Waals surface area contributed by atoms with Crippen molar-refractivity contribution in [1.82, 2.24) is 15.5 Å². The molecule has 0 atom stereocenters. The van der Waals surface area contributed by atoms with Crippen molar-refractivity contribution >= 4 is 5.91 Å². The van der Waals surface area contributed by atoms with Crippen LogP contribution in [0.15, 0.2) is 89.3 Å². The number of carbonyl (C=O) groups excluding carboxylic acids is 1. The molecule has 6 nitrogen and oxygen atoms in total. The van der Waals surface area contributed by atoms with Crippen LogP contribution in [0.2, 0.25) is 0 Å². The highest BCUT2D eigenvalue weighted by Crippen LogP contribution is 2.22. The summed E-state index contributed by atoms with van der Waals surface area (Å²) in [4.78, 5) is 12.0. The van der Waals surface area contributed by atoms with Gasteiger partial charge in [-0.1, -0.05) is 60.7 Å². The first-order chi connectivity index (χ1) is 14.3. The van der Waals surface area contributed by atoms with Crippen molar-refractivity contribution in [2.24, 2.45) is 0 Å². The summed E-state index contributed by atoms with van der Waals surface area (Å²) in [7, 11) is 0. The molecule has 0 saturated carbocycles. The highest BCUT2D eigenvalue weighted by molar-refractivity contribution is 5.77. The molecule has 0 aliphatic rings. The maximum Gasteiger partial charge on any atom is 0.258 e. The molecular formula is C23H19N3O3. The van der Waals surface area contributed by atoms with Gasteiger partial charge in [-0.15, -0.1) is 10.2 Å². The monoisotopic (exact) mass is 385 g/mol. The van der Waals surface area contributed by atoms with Crippen molar-refractivity contribution in [1.29, 1.82) is 0 Å². The molecule has 4 aromatic rings. The summed E-state index contributed by atoms with van der Waals surface area (Å²) in [5, 5.41) is 10.7. The molecule has 29 heavy (non-hydrogen) atoms. The number of carbonyl (C=O) groups is 1. The Bertz CT molecular complexity index is 1060. The lowest BCUT2D eigenvalue weighted by atomic mass is 10.1. The summed E-state index contributed by atoms with van der Waals surface area (Å²) in [6.45, 7) is 0.0549. The predicted molar refractivity (Wildman–Crippen MR) is 109 cm³/mol. The van der Waals surface area contributed by atoms with Gasteiger partial charge in [0, 0.05) is 5.56 Å². The van der Waals surface area contributed by atoms with E-state index >= 15 is 0 Å². The van der Waals surface area contributed by atoms with E-state index < -0.39 is 0 Å². The topological polar surface area (TPSA) is 77.2 Å². The summed E-state index contributed by atoms with van der Waals surface area (Å²) in [5.41, 5.74) is 3.05. The van der Waals surface area contributed by atoms with Gasteiger partial charge in [0.1, 0.15) is 5.75 Å². The summed E-state index contributed by atoms with van der Waals surface area (Å²) in [6, 6.07) is 27.2. The van der Waals surface area contributed by atoms with Gasteiger partial charge in [0.15, 0.2) is 6.61 Å². The van der Waals surface area contributed by atoms with Crippen LogP contribution in [0.5, 0.6) is 5.75 Å². The lowest BCUT2D eigenvalue weighted by Gasteiger charge is -2.07. The van der Waals surface area contributed by atoms with Crippen LogP contribution in [0.4, 0.5) is 0 Å². The molecule has 0 aliphatic carbocycles. The zero-order valence-electron chi connectivity index (χ0n) is 15.6. The summed E-state index contributed by atoms with van der Waals surface area (Å²) < 4.78 is 11.1. The molecule has 3 aromatic carbocycles. The fourth-order valence-corrected chi connectivity index (χ4v) is 2.77. The summed E-state index contributed by atoms with van der Waals surface area (Å²) >= 11 is 0. The van der Waals surface area contributed by atoms with E-state index in [4.69, 9.17) is 9.15 Å². The van der Waals surface area contributed by atoms with Crippen LogP contribution in [0.1, 0.15) is 5.89 Å². The van der Waals surface area contributed by atoms with Crippen LogP contribution >= 0.6 is 0 Å². The lowest BCUT2D eigenvalue weighted by molar-refractivity contribution is -0.123. The van der Waals surface area contributed by atoms with Crippen molar-refractivity contribution in [3.8, 4) is 28.3 Å². The third-order valence-corrected chi connectivity index (χ3v) is 4.26. The zero-order chi connectivity index (χ0) is 19.9. The highest BCUT2D eigenvalue weighted by Gasteiger charge is 2.10. The number of nitrogens with zero attached hydrogens (tertiary/aromatic N) is 2. The van der Waals surface area contributed by atoms with Gasteiger partial charge in [0.25, 0.3) is 5.91 Å². The SMILES string of the molecule is O=C(COc1ccc(-c2ccccc2)cc1)NCc1nnc(-c2ccccc2)o1. The molecule has 144 valence electrons. The average Bonchev–Trinajstić information content (AvgIpc) is 3.27. The Balaban J connectivity index is 1.26. The van der Waals surface area contributed by atoms with Gasteiger partial charge in [-0.05, 0) is 35.4 Å². The largest absolute Gasteiger partial charge is 0.484 e. The molecule has 0 spiro atoms. The number of ether oxygens (including phenoxy) is 1. The molecule has 1 N–H and O–H groups in total. The van der Waals surface area contributed by atoms with Gasteiger partial charge >= 0.3 is 0 Å². The fraction of sp³-hybridized carbons (Fsp3) is 0.0870. The van der Waals surface area contributed by atoms with Crippen LogP contribution < -0.4 is 10.1 Å². The van der Waals surface area contributed by atoms with Crippen molar-refractivity contribution in [3.05, 3.63) is 90.8 Å². The molecule has 0 bridgehead atoms. The molecule has 6 heteroatoms. The Hall–Kier alpha value is -3.93. The Labute approximate surface area is 168 Å². The molecule has 4 rings (SSSR count).